The van der Waals surface area contributed by atoms with Crippen LogP contribution in [-0.2, 0) is 4.79 Å². The van der Waals surface area contributed by atoms with E-state index in [-0.39, 0.29) is 11.8 Å². The molecule has 1 saturated heterocycles. The van der Waals surface area contributed by atoms with Gasteiger partial charge in [-0.15, -0.1) is 0 Å². The molecule has 0 bridgehead atoms. The number of nitrogens with zero attached hydrogens (tertiary/aromatic N) is 4. The van der Waals surface area contributed by atoms with E-state index < -0.39 is 0 Å². The van der Waals surface area contributed by atoms with E-state index in [0.29, 0.717) is 43.8 Å². The monoisotopic (exact) mass is 355 g/mol. The first-order valence-electron chi connectivity index (χ1n) is 8.84. The SMILES string of the molecule is NC(=O)C1CCN(c2ncnc(-c3ccc4c(c3)OCCCO4)n2)CC1. The molecule has 3 heterocycles. The molecule has 0 spiro atoms. The maximum absolute atomic E-state index is 11.3. The fourth-order valence-electron chi connectivity index (χ4n) is 3.25. The van der Waals surface area contributed by atoms with E-state index in [4.69, 9.17) is 15.2 Å². The Hall–Kier alpha value is -2.90. The Labute approximate surface area is 151 Å². The Morgan fingerprint density at radius 1 is 1.12 bits per heavy atom. The van der Waals surface area contributed by atoms with Crippen LogP contribution in [-0.4, -0.2) is 47.2 Å². The van der Waals surface area contributed by atoms with Crippen molar-refractivity contribution in [1.29, 1.82) is 0 Å². The first kappa shape index (κ1) is 16.6. The van der Waals surface area contributed by atoms with Crippen molar-refractivity contribution in [1.82, 2.24) is 15.0 Å². The van der Waals surface area contributed by atoms with Gasteiger partial charge in [0.15, 0.2) is 17.3 Å². The molecule has 2 aliphatic rings. The molecule has 2 N–H and O–H groups in total. The summed E-state index contributed by atoms with van der Waals surface area (Å²) in [5, 5.41) is 0. The molecule has 1 fully saturated rings. The van der Waals surface area contributed by atoms with Gasteiger partial charge in [0, 0.05) is 31.0 Å². The number of anilines is 1. The number of benzene rings is 1. The summed E-state index contributed by atoms with van der Waals surface area (Å²) in [5.41, 5.74) is 6.25. The van der Waals surface area contributed by atoms with Crippen molar-refractivity contribution in [3.05, 3.63) is 24.5 Å². The van der Waals surface area contributed by atoms with Gasteiger partial charge in [0.1, 0.15) is 6.33 Å². The number of rotatable bonds is 3. The fraction of sp³-hybridized carbons (Fsp3) is 0.444. The lowest BCUT2D eigenvalue weighted by Crippen LogP contribution is -2.39. The van der Waals surface area contributed by atoms with Crippen molar-refractivity contribution in [2.75, 3.05) is 31.2 Å². The third kappa shape index (κ3) is 3.40. The smallest absolute Gasteiger partial charge is 0.228 e. The van der Waals surface area contributed by atoms with Gasteiger partial charge in [-0.2, -0.15) is 4.98 Å². The predicted molar refractivity (Wildman–Crippen MR) is 95.0 cm³/mol. The second-order valence-corrected chi connectivity index (χ2v) is 6.48. The van der Waals surface area contributed by atoms with Crippen LogP contribution in [0.3, 0.4) is 0 Å². The highest BCUT2D eigenvalue weighted by Crippen LogP contribution is 2.33. The molecule has 1 aromatic heterocycles. The number of hydrogen-bond donors (Lipinski definition) is 1. The van der Waals surface area contributed by atoms with E-state index in [2.05, 4.69) is 19.9 Å². The van der Waals surface area contributed by atoms with Crippen LogP contribution in [0.5, 0.6) is 11.5 Å². The topological polar surface area (TPSA) is 103 Å². The Morgan fingerprint density at radius 2 is 1.88 bits per heavy atom. The molecule has 0 aliphatic carbocycles. The minimum atomic E-state index is -0.229. The highest BCUT2D eigenvalue weighted by molar-refractivity contribution is 5.77. The number of amides is 1. The molecule has 136 valence electrons. The second kappa shape index (κ2) is 7.15. The molecule has 0 radical (unpaired) electrons. The number of piperidine rings is 1. The number of nitrogens with two attached hydrogens (primary N) is 1. The van der Waals surface area contributed by atoms with E-state index in [1.165, 1.54) is 6.33 Å². The first-order chi connectivity index (χ1) is 12.7. The molecule has 1 amide bonds. The maximum Gasteiger partial charge on any atom is 0.228 e. The normalized spacial score (nSPS) is 17.6. The van der Waals surface area contributed by atoms with E-state index >= 15 is 0 Å². The summed E-state index contributed by atoms with van der Waals surface area (Å²) in [7, 11) is 0. The number of fused-ring (bicyclic) bond motifs is 1. The summed E-state index contributed by atoms with van der Waals surface area (Å²) in [6.07, 6.45) is 3.82. The maximum atomic E-state index is 11.3. The molecular weight excluding hydrogens is 334 g/mol. The quantitative estimate of drug-likeness (QED) is 0.887. The van der Waals surface area contributed by atoms with Crippen LogP contribution >= 0.6 is 0 Å². The number of aromatic nitrogens is 3. The Balaban J connectivity index is 1.55. The average molecular weight is 355 g/mol. The molecule has 26 heavy (non-hydrogen) atoms. The van der Waals surface area contributed by atoms with Gasteiger partial charge in [-0.1, -0.05) is 0 Å². The second-order valence-electron chi connectivity index (χ2n) is 6.48. The molecule has 1 aromatic carbocycles. The first-order valence-corrected chi connectivity index (χ1v) is 8.84. The van der Waals surface area contributed by atoms with Crippen LogP contribution in [0.15, 0.2) is 24.5 Å². The van der Waals surface area contributed by atoms with Gasteiger partial charge in [-0.3, -0.25) is 4.79 Å². The minimum Gasteiger partial charge on any atom is -0.490 e. The zero-order valence-electron chi connectivity index (χ0n) is 14.4. The number of carbonyl (C=O) groups is 1. The lowest BCUT2D eigenvalue weighted by atomic mass is 9.96. The zero-order chi connectivity index (χ0) is 17.9. The van der Waals surface area contributed by atoms with Crippen molar-refractivity contribution in [3.63, 3.8) is 0 Å². The summed E-state index contributed by atoms with van der Waals surface area (Å²) in [4.78, 5) is 26.6. The Morgan fingerprint density at radius 3 is 2.65 bits per heavy atom. The lowest BCUT2D eigenvalue weighted by Gasteiger charge is -2.30. The molecule has 8 heteroatoms. The largest absolute Gasteiger partial charge is 0.490 e. The van der Waals surface area contributed by atoms with E-state index in [1.807, 2.05) is 18.2 Å². The van der Waals surface area contributed by atoms with E-state index in [1.54, 1.807) is 0 Å². The van der Waals surface area contributed by atoms with Gasteiger partial charge < -0.3 is 20.1 Å². The summed E-state index contributed by atoms with van der Waals surface area (Å²) < 4.78 is 11.4. The summed E-state index contributed by atoms with van der Waals surface area (Å²) in [6, 6.07) is 5.71. The van der Waals surface area contributed by atoms with Gasteiger partial charge in [0.2, 0.25) is 11.9 Å². The minimum absolute atomic E-state index is 0.0608. The fourth-order valence-corrected chi connectivity index (χ4v) is 3.25. The third-order valence-electron chi connectivity index (χ3n) is 4.75. The van der Waals surface area contributed by atoms with Crippen molar-refractivity contribution < 1.29 is 14.3 Å². The average Bonchev–Trinajstić information content (AvgIpc) is 2.93. The van der Waals surface area contributed by atoms with Gasteiger partial charge in [0.05, 0.1) is 13.2 Å². The van der Waals surface area contributed by atoms with Crippen LogP contribution in [0.4, 0.5) is 5.95 Å². The molecule has 4 rings (SSSR count). The number of primary amides is 1. The highest BCUT2D eigenvalue weighted by atomic mass is 16.5. The number of hydrogen-bond acceptors (Lipinski definition) is 7. The molecular formula is C18H21N5O3. The number of carbonyl (C=O) groups excluding carboxylic acids is 1. The number of ether oxygens (including phenoxy) is 2. The van der Waals surface area contributed by atoms with E-state index in [0.717, 1.165) is 30.6 Å². The summed E-state index contributed by atoms with van der Waals surface area (Å²) >= 11 is 0. The molecule has 8 nitrogen and oxygen atoms in total. The van der Waals surface area contributed by atoms with Crippen molar-refractivity contribution in [3.8, 4) is 22.9 Å². The molecule has 0 atom stereocenters. The van der Waals surface area contributed by atoms with Crippen molar-refractivity contribution in [2.24, 2.45) is 11.7 Å². The molecule has 0 saturated carbocycles. The Bertz CT molecular complexity index is 805. The zero-order valence-corrected chi connectivity index (χ0v) is 14.4. The molecule has 2 aromatic rings. The van der Waals surface area contributed by atoms with Crippen molar-refractivity contribution >= 4 is 11.9 Å². The highest BCUT2D eigenvalue weighted by Gasteiger charge is 2.24. The van der Waals surface area contributed by atoms with Crippen LogP contribution in [0.1, 0.15) is 19.3 Å². The van der Waals surface area contributed by atoms with Crippen LogP contribution in [0.2, 0.25) is 0 Å². The van der Waals surface area contributed by atoms with Crippen molar-refractivity contribution in [2.45, 2.75) is 19.3 Å². The molecule has 0 unspecified atom stereocenters. The van der Waals surface area contributed by atoms with Crippen LogP contribution < -0.4 is 20.1 Å². The van der Waals surface area contributed by atoms with Crippen LogP contribution in [0, 0.1) is 5.92 Å². The van der Waals surface area contributed by atoms with Gasteiger partial charge in [0.25, 0.3) is 0 Å². The van der Waals surface area contributed by atoms with Gasteiger partial charge >= 0.3 is 0 Å². The van der Waals surface area contributed by atoms with Gasteiger partial charge in [-0.05, 0) is 31.0 Å². The summed E-state index contributed by atoms with van der Waals surface area (Å²) in [6.45, 7) is 2.70. The van der Waals surface area contributed by atoms with Gasteiger partial charge in [-0.25, -0.2) is 9.97 Å². The van der Waals surface area contributed by atoms with Crippen LogP contribution in [0.25, 0.3) is 11.4 Å². The predicted octanol–water partition coefficient (Wildman–Crippen LogP) is 1.40. The van der Waals surface area contributed by atoms with E-state index in [9.17, 15) is 4.79 Å². The molecule has 2 aliphatic heterocycles. The standard InChI is InChI=1S/C18H21N5O3/c19-16(24)12-4-6-23(7-5-12)18-21-11-20-17(22-18)13-2-3-14-15(10-13)26-9-1-8-25-14/h2-3,10-12H,1,4-9H2,(H2,19,24). The lowest BCUT2D eigenvalue weighted by molar-refractivity contribution is -0.122. The summed E-state index contributed by atoms with van der Waals surface area (Å²) in [5.74, 6) is 2.37. The third-order valence-corrected chi connectivity index (χ3v) is 4.75. The Kier molecular flexibility index (Phi) is 4.55.